The van der Waals surface area contributed by atoms with Crippen LogP contribution in [0.15, 0.2) is 48.8 Å². The molecule has 0 spiro atoms. The average Bonchev–Trinajstić information content (AvgIpc) is 3.20. The summed E-state index contributed by atoms with van der Waals surface area (Å²) in [6.45, 7) is 1.99. The lowest BCUT2D eigenvalue weighted by Crippen LogP contribution is -2.50. The summed E-state index contributed by atoms with van der Waals surface area (Å²) in [7, 11) is 1.55. The smallest absolute Gasteiger partial charge is 0.257 e. The summed E-state index contributed by atoms with van der Waals surface area (Å²) >= 11 is 0. The van der Waals surface area contributed by atoms with Gasteiger partial charge < -0.3 is 19.5 Å². The number of ether oxygens (including phenoxy) is 1. The zero-order valence-corrected chi connectivity index (χ0v) is 15.0. The van der Waals surface area contributed by atoms with Crippen LogP contribution in [0.3, 0.4) is 0 Å². The Bertz CT molecular complexity index is 990. The quantitative estimate of drug-likeness (QED) is 0.773. The molecule has 0 aliphatic carbocycles. The van der Waals surface area contributed by atoms with Crippen molar-refractivity contribution in [3.63, 3.8) is 0 Å². The van der Waals surface area contributed by atoms with Crippen LogP contribution in [-0.4, -0.2) is 64.9 Å². The maximum atomic E-state index is 12.8. The highest BCUT2D eigenvalue weighted by molar-refractivity contribution is 5.98. The van der Waals surface area contributed by atoms with E-state index in [0.29, 0.717) is 43.1 Å². The Labute approximate surface area is 156 Å². The molecule has 138 valence electrons. The predicted octanol–water partition coefficient (Wildman–Crippen LogP) is 2.17. The molecule has 2 aromatic carbocycles. The number of aromatic nitrogens is 2. The Kier molecular flexibility index (Phi) is 4.50. The van der Waals surface area contributed by atoms with E-state index in [1.54, 1.807) is 41.4 Å². The van der Waals surface area contributed by atoms with Crippen LogP contribution in [0.4, 0.5) is 0 Å². The zero-order chi connectivity index (χ0) is 18.8. The molecule has 1 saturated heterocycles. The summed E-state index contributed by atoms with van der Waals surface area (Å²) in [6.07, 6.45) is 1.61. The molecular weight excluding hydrogens is 344 g/mol. The van der Waals surface area contributed by atoms with Crippen LogP contribution >= 0.6 is 0 Å². The van der Waals surface area contributed by atoms with Crippen LogP contribution in [0.2, 0.25) is 0 Å². The van der Waals surface area contributed by atoms with Gasteiger partial charge in [-0.15, -0.1) is 0 Å². The summed E-state index contributed by atoms with van der Waals surface area (Å²) < 4.78 is 5.28. The van der Waals surface area contributed by atoms with Gasteiger partial charge in [-0.3, -0.25) is 9.59 Å². The molecular formula is C20H20N4O3. The maximum absolute atomic E-state index is 12.8. The SMILES string of the molecule is COc1ccccc1C(=O)N1CCN(C(=O)c2ccc3nc[nH]c3c2)CC1. The van der Waals surface area contributed by atoms with Crippen molar-refractivity contribution < 1.29 is 14.3 Å². The number of carbonyl (C=O) groups is 2. The van der Waals surface area contributed by atoms with Gasteiger partial charge in [0.25, 0.3) is 11.8 Å². The normalized spacial score (nSPS) is 14.4. The van der Waals surface area contributed by atoms with E-state index in [1.807, 2.05) is 24.3 Å². The van der Waals surface area contributed by atoms with Gasteiger partial charge in [0.2, 0.25) is 0 Å². The number of carbonyl (C=O) groups excluding carboxylic acids is 2. The molecule has 27 heavy (non-hydrogen) atoms. The lowest BCUT2D eigenvalue weighted by molar-refractivity contribution is 0.0533. The van der Waals surface area contributed by atoms with Gasteiger partial charge >= 0.3 is 0 Å². The first-order valence-electron chi connectivity index (χ1n) is 8.82. The molecule has 4 rings (SSSR count). The minimum absolute atomic E-state index is 0.0316. The monoisotopic (exact) mass is 364 g/mol. The standard InChI is InChI=1S/C20H20N4O3/c1-27-18-5-3-2-4-15(18)20(26)24-10-8-23(9-11-24)19(25)14-6-7-16-17(12-14)22-13-21-16/h2-7,12-13H,8-11H2,1H3,(H,21,22). The van der Waals surface area contributed by atoms with Gasteiger partial charge in [0.15, 0.2) is 0 Å². The molecule has 1 aliphatic heterocycles. The molecule has 0 bridgehead atoms. The van der Waals surface area contributed by atoms with Crippen LogP contribution in [-0.2, 0) is 0 Å². The van der Waals surface area contributed by atoms with Crippen molar-refractivity contribution in [1.29, 1.82) is 0 Å². The third kappa shape index (κ3) is 3.23. The Morgan fingerprint density at radius 2 is 1.70 bits per heavy atom. The Morgan fingerprint density at radius 1 is 1.00 bits per heavy atom. The van der Waals surface area contributed by atoms with Crippen molar-refractivity contribution in [2.24, 2.45) is 0 Å². The number of nitrogens with one attached hydrogen (secondary N) is 1. The lowest BCUT2D eigenvalue weighted by atomic mass is 10.1. The highest BCUT2D eigenvalue weighted by atomic mass is 16.5. The summed E-state index contributed by atoms with van der Waals surface area (Å²) in [5, 5.41) is 0. The minimum Gasteiger partial charge on any atom is -0.496 e. The average molecular weight is 364 g/mol. The highest BCUT2D eigenvalue weighted by Gasteiger charge is 2.27. The van der Waals surface area contributed by atoms with E-state index < -0.39 is 0 Å². The third-order valence-electron chi connectivity index (χ3n) is 4.86. The lowest BCUT2D eigenvalue weighted by Gasteiger charge is -2.35. The second-order valence-electron chi connectivity index (χ2n) is 6.42. The fraction of sp³-hybridized carbons (Fsp3) is 0.250. The number of imidazole rings is 1. The molecule has 0 atom stereocenters. The van der Waals surface area contributed by atoms with Gasteiger partial charge in [-0.1, -0.05) is 12.1 Å². The van der Waals surface area contributed by atoms with Crippen LogP contribution in [0, 0.1) is 0 Å². The van der Waals surface area contributed by atoms with Gasteiger partial charge in [-0.25, -0.2) is 4.98 Å². The fourth-order valence-electron chi connectivity index (χ4n) is 3.36. The van der Waals surface area contributed by atoms with E-state index in [0.717, 1.165) is 11.0 Å². The molecule has 1 fully saturated rings. The Balaban J connectivity index is 1.43. The Morgan fingerprint density at radius 3 is 2.44 bits per heavy atom. The second kappa shape index (κ2) is 7.11. The number of methoxy groups -OCH3 is 1. The summed E-state index contributed by atoms with van der Waals surface area (Å²) in [5.41, 5.74) is 2.84. The van der Waals surface area contributed by atoms with E-state index in [2.05, 4.69) is 9.97 Å². The second-order valence-corrected chi connectivity index (χ2v) is 6.42. The molecule has 1 aliphatic rings. The first kappa shape index (κ1) is 17.1. The van der Waals surface area contributed by atoms with E-state index in [-0.39, 0.29) is 11.8 Å². The zero-order valence-electron chi connectivity index (χ0n) is 15.0. The van der Waals surface area contributed by atoms with Gasteiger partial charge in [0.05, 0.1) is 30.0 Å². The van der Waals surface area contributed by atoms with E-state index in [1.165, 1.54) is 0 Å². The van der Waals surface area contributed by atoms with Gasteiger partial charge in [0.1, 0.15) is 5.75 Å². The molecule has 0 unspecified atom stereocenters. The first-order chi connectivity index (χ1) is 13.2. The number of fused-ring (bicyclic) bond motifs is 1. The van der Waals surface area contributed by atoms with Gasteiger partial charge in [0, 0.05) is 31.7 Å². The minimum atomic E-state index is -0.0709. The van der Waals surface area contributed by atoms with Crippen LogP contribution in [0.25, 0.3) is 11.0 Å². The van der Waals surface area contributed by atoms with Crippen molar-refractivity contribution in [3.05, 3.63) is 59.9 Å². The third-order valence-corrected chi connectivity index (χ3v) is 4.86. The number of rotatable bonds is 3. The predicted molar refractivity (Wildman–Crippen MR) is 101 cm³/mol. The van der Waals surface area contributed by atoms with Gasteiger partial charge in [-0.05, 0) is 30.3 Å². The number of para-hydroxylation sites is 1. The van der Waals surface area contributed by atoms with Crippen molar-refractivity contribution in [2.75, 3.05) is 33.3 Å². The van der Waals surface area contributed by atoms with Crippen molar-refractivity contribution in [2.45, 2.75) is 0 Å². The number of benzene rings is 2. The molecule has 7 nitrogen and oxygen atoms in total. The number of aromatic amines is 1. The summed E-state index contributed by atoms with van der Waals surface area (Å²) in [5.74, 6) is 0.461. The van der Waals surface area contributed by atoms with Crippen molar-refractivity contribution in [1.82, 2.24) is 19.8 Å². The first-order valence-corrected chi connectivity index (χ1v) is 8.82. The molecule has 0 saturated carbocycles. The van der Waals surface area contributed by atoms with E-state index in [9.17, 15) is 9.59 Å². The Hall–Kier alpha value is -3.35. The summed E-state index contributed by atoms with van der Waals surface area (Å²) in [4.78, 5) is 36.3. The number of H-pyrrole nitrogens is 1. The molecule has 0 radical (unpaired) electrons. The largest absolute Gasteiger partial charge is 0.496 e. The fourth-order valence-corrected chi connectivity index (χ4v) is 3.36. The molecule has 1 N–H and O–H groups in total. The topological polar surface area (TPSA) is 78.5 Å². The summed E-state index contributed by atoms with van der Waals surface area (Å²) in [6, 6.07) is 12.6. The maximum Gasteiger partial charge on any atom is 0.257 e. The number of amides is 2. The number of piperazine rings is 1. The molecule has 1 aromatic heterocycles. The number of hydrogen-bond donors (Lipinski definition) is 1. The molecule has 2 amide bonds. The van der Waals surface area contributed by atoms with E-state index >= 15 is 0 Å². The number of nitrogens with zero attached hydrogens (tertiary/aromatic N) is 3. The van der Waals surface area contributed by atoms with Crippen LogP contribution in [0.1, 0.15) is 20.7 Å². The highest BCUT2D eigenvalue weighted by Crippen LogP contribution is 2.21. The molecule has 3 aromatic rings. The van der Waals surface area contributed by atoms with Crippen LogP contribution < -0.4 is 4.74 Å². The van der Waals surface area contributed by atoms with Crippen molar-refractivity contribution in [3.8, 4) is 5.75 Å². The van der Waals surface area contributed by atoms with Crippen LogP contribution in [0.5, 0.6) is 5.75 Å². The molecule has 7 heteroatoms. The van der Waals surface area contributed by atoms with Gasteiger partial charge in [-0.2, -0.15) is 0 Å². The van der Waals surface area contributed by atoms with Crippen molar-refractivity contribution >= 4 is 22.8 Å². The molecule has 2 heterocycles. The number of hydrogen-bond acceptors (Lipinski definition) is 4. The van der Waals surface area contributed by atoms with E-state index in [4.69, 9.17) is 4.74 Å².